The van der Waals surface area contributed by atoms with Crippen LogP contribution in [0.5, 0.6) is 0 Å². The van der Waals surface area contributed by atoms with Crippen molar-refractivity contribution in [2.75, 3.05) is 33.4 Å². The normalized spacial score (nSPS) is 17.6. The second-order valence-corrected chi connectivity index (χ2v) is 3.63. The molecule has 14 heavy (non-hydrogen) atoms. The van der Waals surface area contributed by atoms with Gasteiger partial charge in [-0.15, -0.1) is 0 Å². The topological polar surface area (TPSA) is 41.6 Å². The maximum absolute atomic E-state index is 11.6. The van der Waals surface area contributed by atoms with E-state index in [9.17, 15) is 4.79 Å². The van der Waals surface area contributed by atoms with Gasteiger partial charge in [0.05, 0.1) is 6.61 Å². The predicted molar refractivity (Wildman–Crippen MR) is 55.3 cm³/mol. The average molecular weight is 200 g/mol. The second kappa shape index (κ2) is 6.65. The molecule has 0 atom stereocenters. The van der Waals surface area contributed by atoms with E-state index >= 15 is 0 Å². The van der Waals surface area contributed by atoms with Crippen LogP contribution in [-0.4, -0.2) is 44.3 Å². The van der Waals surface area contributed by atoms with Crippen molar-refractivity contribution in [3.63, 3.8) is 0 Å². The van der Waals surface area contributed by atoms with E-state index in [1.807, 2.05) is 4.90 Å². The van der Waals surface area contributed by atoms with Crippen LogP contribution in [-0.2, 0) is 4.74 Å². The van der Waals surface area contributed by atoms with Gasteiger partial charge in [-0.2, -0.15) is 0 Å². The Labute approximate surface area is 85.6 Å². The van der Waals surface area contributed by atoms with Gasteiger partial charge < -0.3 is 15.0 Å². The molecular weight excluding hydrogens is 180 g/mol. The van der Waals surface area contributed by atoms with Crippen LogP contribution < -0.4 is 5.32 Å². The number of carbonyl (C=O) groups excluding carboxylic acids is 1. The Kier molecular flexibility index (Phi) is 5.37. The average Bonchev–Trinajstić information content (AvgIpc) is 2.46. The zero-order valence-electron chi connectivity index (χ0n) is 8.92. The number of likely N-dealkylation sites (tertiary alicyclic amines) is 1. The summed E-state index contributed by atoms with van der Waals surface area (Å²) >= 11 is 0. The highest BCUT2D eigenvalue weighted by Gasteiger charge is 2.14. The molecule has 0 aliphatic carbocycles. The Morgan fingerprint density at radius 2 is 1.93 bits per heavy atom. The molecule has 0 spiro atoms. The van der Waals surface area contributed by atoms with E-state index in [-0.39, 0.29) is 6.03 Å². The van der Waals surface area contributed by atoms with Gasteiger partial charge in [-0.1, -0.05) is 12.8 Å². The molecule has 0 bridgehead atoms. The first-order chi connectivity index (χ1) is 6.84. The number of carbonyl (C=O) groups is 1. The summed E-state index contributed by atoms with van der Waals surface area (Å²) in [4.78, 5) is 13.5. The summed E-state index contributed by atoms with van der Waals surface area (Å²) in [5, 5.41) is 2.84. The lowest BCUT2D eigenvalue weighted by Crippen LogP contribution is -2.41. The molecule has 4 nitrogen and oxygen atoms in total. The van der Waals surface area contributed by atoms with Gasteiger partial charge in [0.25, 0.3) is 0 Å². The number of nitrogens with zero attached hydrogens (tertiary/aromatic N) is 1. The van der Waals surface area contributed by atoms with Crippen molar-refractivity contribution in [1.29, 1.82) is 0 Å². The zero-order valence-corrected chi connectivity index (χ0v) is 8.92. The van der Waals surface area contributed by atoms with Crippen LogP contribution in [0.25, 0.3) is 0 Å². The van der Waals surface area contributed by atoms with Gasteiger partial charge in [0, 0.05) is 26.7 Å². The molecule has 0 saturated carbocycles. The fourth-order valence-corrected chi connectivity index (χ4v) is 1.65. The lowest BCUT2D eigenvalue weighted by atomic mass is 10.2. The van der Waals surface area contributed by atoms with Crippen molar-refractivity contribution in [3.05, 3.63) is 0 Å². The standard InChI is InChI=1S/C10H20N2O2/c1-14-9-6-11-10(13)12-7-4-2-3-5-8-12/h2-9H2,1H3,(H,11,13). The Bertz CT molecular complexity index is 166. The van der Waals surface area contributed by atoms with Crippen molar-refractivity contribution in [2.45, 2.75) is 25.7 Å². The summed E-state index contributed by atoms with van der Waals surface area (Å²) in [6, 6.07) is 0.0592. The molecule has 0 aromatic carbocycles. The number of methoxy groups -OCH3 is 1. The molecule has 2 amide bonds. The smallest absolute Gasteiger partial charge is 0.317 e. The van der Waals surface area contributed by atoms with Gasteiger partial charge in [-0.25, -0.2) is 4.79 Å². The highest BCUT2D eigenvalue weighted by Crippen LogP contribution is 2.09. The summed E-state index contributed by atoms with van der Waals surface area (Å²) in [6.45, 7) is 2.99. The molecule has 0 aromatic rings. The van der Waals surface area contributed by atoms with Gasteiger partial charge in [0.15, 0.2) is 0 Å². The molecule has 0 radical (unpaired) electrons. The van der Waals surface area contributed by atoms with Crippen LogP contribution in [0.2, 0.25) is 0 Å². The van der Waals surface area contributed by atoms with Crippen molar-refractivity contribution >= 4 is 6.03 Å². The monoisotopic (exact) mass is 200 g/mol. The molecule has 1 saturated heterocycles. The van der Waals surface area contributed by atoms with Gasteiger partial charge in [-0.3, -0.25) is 0 Å². The Morgan fingerprint density at radius 1 is 1.29 bits per heavy atom. The third-order valence-electron chi connectivity index (χ3n) is 2.48. The fourth-order valence-electron chi connectivity index (χ4n) is 1.65. The van der Waals surface area contributed by atoms with E-state index in [4.69, 9.17) is 4.74 Å². The third kappa shape index (κ3) is 3.96. The summed E-state index contributed by atoms with van der Waals surface area (Å²) in [5.41, 5.74) is 0. The number of ether oxygens (including phenoxy) is 1. The molecule has 1 rings (SSSR count). The molecule has 82 valence electrons. The summed E-state index contributed by atoms with van der Waals surface area (Å²) < 4.78 is 4.87. The first-order valence-corrected chi connectivity index (χ1v) is 5.36. The second-order valence-electron chi connectivity index (χ2n) is 3.63. The molecule has 1 fully saturated rings. The number of hydrogen-bond donors (Lipinski definition) is 1. The molecule has 1 N–H and O–H groups in total. The zero-order chi connectivity index (χ0) is 10.2. The Balaban J connectivity index is 2.20. The number of rotatable bonds is 3. The minimum absolute atomic E-state index is 0.0592. The number of urea groups is 1. The molecule has 4 heteroatoms. The minimum atomic E-state index is 0.0592. The highest BCUT2D eigenvalue weighted by molar-refractivity contribution is 5.74. The highest BCUT2D eigenvalue weighted by atomic mass is 16.5. The van der Waals surface area contributed by atoms with E-state index in [1.54, 1.807) is 7.11 Å². The van der Waals surface area contributed by atoms with E-state index in [0.29, 0.717) is 13.2 Å². The SMILES string of the molecule is COCCNC(=O)N1CCCCCC1. The largest absolute Gasteiger partial charge is 0.383 e. The van der Waals surface area contributed by atoms with Gasteiger partial charge >= 0.3 is 6.03 Å². The van der Waals surface area contributed by atoms with Crippen LogP contribution in [0, 0.1) is 0 Å². The summed E-state index contributed by atoms with van der Waals surface area (Å²) in [7, 11) is 1.64. The Morgan fingerprint density at radius 3 is 2.50 bits per heavy atom. The van der Waals surface area contributed by atoms with Gasteiger partial charge in [0.2, 0.25) is 0 Å². The minimum Gasteiger partial charge on any atom is -0.383 e. The third-order valence-corrected chi connectivity index (χ3v) is 2.48. The van der Waals surface area contributed by atoms with Crippen LogP contribution in [0.3, 0.4) is 0 Å². The van der Waals surface area contributed by atoms with Crippen LogP contribution in [0.15, 0.2) is 0 Å². The van der Waals surface area contributed by atoms with Gasteiger partial charge in [-0.05, 0) is 12.8 Å². The Hall–Kier alpha value is -0.770. The fraction of sp³-hybridized carbons (Fsp3) is 0.900. The number of nitrogens with one attached hydrogen (secondary N) is 1. The number of amides is 2. The van der Waals surface area contributed by atoms with Crippen molar-refractivity contribution < 1.29 is 9.53 Å². The van der Waals surface area contributed by atoms with Crippen molar-refractivity contribution in [1.82, 2.24) is 10.2 Å². The molecule has 0 aromatic heterocycles. The van der Waals surface area contributed by atoms with Crippen molar-refractivity contribution in [3.8, 4) is 0 Å². The lowest BCUT2D eigenvalue weighted by molar-refractivity contribution is 0.180. The van der Waals surface area contributed by atoms with E-state index in [1.165, 1.54) is 12.8 Å². The van der Waals surface area contributed by atoms with E-state index < -0.39 is 0 Å². The summed E-state index contributed by atoms with van der Waals surface area (Å²) in [5.74, 6) is 0. The van der Waals surface area contributed by atoms with Crippen LogP contribution in [0.1, 0.15) is 25.7 Å². The molecule has 1 heterocycles. The predicted octanol–water partition coefficient (Wildman–Crippen LogP) is 1.22. The first-order valence-electron chi connectivity index (χ1n) is 5.36. The molecule has 1 aliphatic rings. The molecule has 1 aliphatic heterocycles. The van der Waals surface area contributed by atoms with Gasteiger partial charge in [0.1, 0.15) is 0 Å². The maximum Gasteiger partial charge on any atom is 0.317 e. The lowest BCUT2D eigenvalue weighted by Gasteiger charge is -2.20. The quantitative estimate of drug-likeness (QED) is 0.696. The molecule has 0 unspecified atom stereocenters. The van der Waals surface area contributed by atoms with E-state index in [2.05, 4.69) is 5.32 Å². The number of hydrogen-bond acceptors (Lipinski definition) is 2. The van der Waals surface area contributed by atoms with Crippen molar-refractivity contribution in [2.24, 2.45) is 0 Å². The van der Waals surface area contributed by atoms with Crippen LogP contribution in [0.4, 0.5) is 4.79 Å². The van der Waals surface area contributed by atoms with E-state index in [0.717, 1.165) is 25.9 Å². The summed E-state index contributed by atoms with van der Waals surface area (Å²) in [6.07, 6.45) is 4.78. The molecular formula is C10H20N2O2. The van der Waals surface area contributed by atoms with Crippen LogP contribution >= 0.6 is 0 Å². The maximum atomic E-state index is 11.6. The first kappa shape index (κ1) is 11.3.